The number of carboxylic acids is 2. The quantitative estimate of drug-likeness (QED) is 0.134. The molecule has 0 aliphatic rings. The van der Waals surface area contributed by atoms with E-state index in [4.69, 9.17) is 20.4 Å². The van der Waals surface area contributed by atoms with Crippen LogP contribution in [0.3, 0.4) is 0 Å². The van der Waals surface area contributed by atoms with Gasteiger partial charge in [-0.2, -0.15) is 0 Å². The maximum atomic E-state index is 10.6. The van der Waals surface area contributed by atoms with Crippen molar-refractivity contribution in [3.63, 3.8) is 0 Å². The summed E-state index contributed by atoms with van der Waals surface area (Å²) >= 11 is 0. The van der Waals surface area contributed by atoms with Crippen LogP contribution in [0, 0.1) is 5.92 Å². The molecule has 0 bridgehead atoms. The van der Waals surface area contributed by atoms with Crippen molar-refractivity contribution in [1.29, 1.82) is 0 Å². The summed E-state index contributed by atoms with van der Waals surface area (Å²) < 4.78 is 0. The van der Waals surface area contributed by atoms with E-state index in [1.165, 1.54) is 38.5 Å². The minimum absolute atomic E-state index is 0.0600. The van der Waals surface area contributed by atoms with E-state index in [1.807, 2.05) is 0 Å². The van der Waals surface area contributed by atoms with Crippen LogP contribution >= 0.6 is 0 Å². The highest BCUT2D eigenvalue weighted by atomic mass is 16.9. The summed E-state index contributed by atoms with van der Waals surface area (Å²) in [6.45, 7) is 2.42. The third kappa shape index (κ3) is 22.7. The lowest BCUT2D eigenvalue weighted by Crippen LogP contribution is -2.23. The Morgan fingerprint density at radius 2 is 1.19 bits per heavy atom. The minimum Gasteiger partial charge on any atom is -0.481 e. The Morgan fingerprint density at radius 1 is 0.778 bits per heavy atom. The molecule has 0 aliphatic carbocycles. The predicted octanol–water partition coefficient (Wildman–Crippen LogP) is 2.12. The summed E-state index contributed by atoms with van der Waals surface area (Å²) in [5.74, 6) is -3.67. The van der Waals surface area contributed by atoms with Gasteiger partial charge < -0.3 is 20.4 Å². The van der Waals surface area contributed by atoms with E-state index in [0.717, 1.165) is 12.8 Å². The lowest BCUT2D eigenvalue weighted by molar-refractivity contribution is -0.178. The van der Waals surface area contributed by atoms with Crippen LogP contribution in [0.4, 0.5) is 0 Å². The van der Waals surface area contributed by atoms with Gasteiger partial charge in [-0.25, -0.2) is 0 Å². The SMILES string of the molecule is CCCCCCCCCCCC(C(=O)O)C(=O)O.OCCONOCCO. The van der Waals surface area contributed by atoms with Gasteiger partial charge in [0, 0.05) is 0 Å². The predicted molar refractivity (Wildman–Crippen MR) is 99.8 cm³/mol. The first kappa shape index (κ1) is 28.0. The molecule has 0 atom stereocenters. The number of aliphatic hydroxyl groups excluding tert-OH is 2. The lowest BCUT2D eigenvalue weighted by atomic mass is 10.00. The normalized spacial score (nSPS) is 10.5. The van der Waals surface area contributed by atoms with Crippen LogP contribution in [-0.4, -0.2) is 58.8 Å². The molecule has 0 spiro atoms. The molecule has 0 rings (SSSR count). The Morgan fingerprint density at radius 3 is 1.56 bits per heavy atom. The topological polar surface area (TPSA) is 146 Å². The highest BCUT2D eigenvalue weighted by Gasteiger charge is 2.24. The van der Waals surface area contributed by atoms with Crippen LogP contribution in [0.5, 0.6) is 0 Å². The molecule has 0 unspecified atom stereocenters. The zero-order valence-electron chi connectivity index (χ0n) is 16.4. The van der Waals surface area contributed by atoms with Crippen molar-refractivity contribution in [2.45, 2.75) is 71.1 Å². The number of unbranched alkanes of at least 4 members (excludes halogenated alkanes) is 8. The fourth-order valence-electron chi connectivity index (χ4n) is 2.23. The van der Waals surface area contributed by atoms with Crippen molar-refractivity contribution in [3.8, 4) is 0 Å². The third-order valence-corrected chi connectivity index (χ3v) is 3.70. The molecule has 0 aliphatic heterocycles. The number of rotatable bonds is 18. The van der Waals surface area contributed by atoms with E-state index >= 15 is 0 Å². The first-order valence-electron chi connectivity index (χ1n) is 9.67. The molecular formula is C18H37NO8. The van der Waals surface area contributed by atoms with Crippen LogP contribution in [0.2, 0.25) is 0 Å². The molecule has 162 valence electrons. The lowest BCUT2D eigenvalue weighted by Gasteiger charge is -2.06. The Hall–Kier alpha value is -1.26. The molecule has 5 N–H and O–H groups in total. The molecule has 9 heteroatoms. The molecule has 0 fully saturated rings. The largest absolute Gasteiger partial charge is 0.481 e. The minimum atomic E-state index is -1.23. The molecule has 27 heavy (non-hydrogen) atoms. The van der Waals surface area contributed by atoms with Gasteiger partial charge in [0.1, 0.15) is 0 Å². The van der Waals surface area contributed by atoms with E-state index < -0.39 is 17.9 Å². The molecule has 0 saturated heterocycles. The van der Waals surface area contributed by atoms with Gasteiger partial charge in [0.15, 0.2) is 5.92 Å². The number of carboxylic acid groups (broad SMARTS) is 2. The number of nitrogens with one attached hydrogen (secondary N) is 1. The van der Waals surface area contributed by atoms with Crippen molar-refractivity contribution < 1.29 is 39.7 Å². The van der Waals surface area contributed by atoms with E-state index in [2.05, 4.69) is 22.2 Å². The van der Waals surface area contributed by atoms with Crippen molar-refractivity contribution in [1.82, 2.24) is 5.64 Å². The summed E-state index contributed by atoms with van der Waals surface area (Å²) in [6.07, 6.45) is 10.5. The van der Waals surface area contributed by atoms with Crippen LogP contribution in [-0.2, 0) is 19.3 Å². The highest BCUT2D eigenvalue weighted by Crippen LogP contribution is 2.14. The van der Waals surface area contributed by atoms with E-state index in [0.29, 0.717) is 6.42 Å². The Bertz CT molecular complexity index is 321. The zero-order valence-corrected chi connectivity index (χ0v) is 16.4. The molecular weight excluding hydrogens is 358 g/mol. The molecule has 0 saturated carbocycles. The van der Waals surface area contributed by atoms with Gasteiger partial charge in [0.2, 0.25) is 0 Å². The fourth-order valence-corrected chi connectivity index (χ4v) is 2.23. The number of hydrogen-bond acceptors (Lipinski definition) is 7. The molecule has 9 nitrogen and oxygen atoms in total. The second-order valence-corrected chi connectivity index (χ2v) is 6.07. The third-order valence-electron chi connectivity index (χ3n) is 3.70. The van der Waals surface area contributed by atoms with Gasteiger partial charge in [0.25, 0.3) is 0 Å². The second-order valence-electron chi connectivity index (χ2n) is 6.07. The molecule has 0 aromatic rings. The molecule has 0 radical (unpaired) electrons. The Kier molecular flexibility index (Phi) is 23.6. The van der Waals surface area contributed by atoms with Crippen LogP contribution in [0.25, 0.3) is 0 Å². The van der Waals surface area contributed by atoms with Gasteiger partial charge in [0.05, 0.1) is 26.4 Å². The van der Waals surface area contributed by atoms with Crippen molar-refractivity contribution in [2.75, 3.05) is 26.4 Å². The van der Waals surface area contributed by atoms with Gasteiger partial charge >= 0.3 is 11.9 Å². The summed E-state index contributed by atoms with van der Waals surface area (Å²) in [7, 11) is 0. The molecule has 0 heterocycles. The highest BCUT2D eigenvalue weighted by molar-refractivity contribution is 5.92. The smallest absolute Gasteiger partial charge is 0.317 e. The van der Waals surface area contributed by atoms with Gasteiger partial charge in [-0.3, -0.25) is 19.3 Å². The summed E-state index contributed by atoms with van der Waals surface area (Å²) in [6, 6.07) is 0. The Balaban J connectivity index is 0. The maximum Gasteiger partial charge on any atom is 0.317 e. The number of aliphatic carboxylic acids is 2. The van der Waals surface area contributed by atoms with E-state index in [-0.39, 0.29) is 32.8 Å². The van der Waals surface area contributed by atoms with Crippen molar-refractivity contribution in [2.24, 2.45) is 5.92 Å². The standard InChI is InChI=1S/C14H26O4.C4H11NO4/c1-2-3-4-5-6-7-8-9-10-11-12(13(15)16)14(17)18;6-1-3-8-5-9-4-2-7/h12H,2-11H2,1H3,(H,15,16)(H,17,18);5-7H,1-4H2. The summed E-state index contributed by atoms with van der Waals surface area (Å²) in [5.41, 5.74) is 2.07. The Labute approximate surface area is 161 Å². The van der Waals surface area contributed by atoms with E-state index in [1.54, 1.807) is 0 Å². The monoisotopic (exact) mass is 395 g/mol. The zero-order chi connectivity index (χ0) is 20.8. The van der Waals surface area contributed by atoms with Crippen LogP contribution in [0.15, 0.2) is 0 Å². The van der Waals surface area contributed by atoms with Crippen molar-refractivity contribution >= 4 is 11.9 Å². The first-order valence-corrected chi connectivity index (χ1v) is 9.67. The summed E-state index contributed by atoms with van der Waals surface area (Å²) in [5, 5.41) is 33.7. The number of carbonyl (C=O) groups is 2. The van der Waals surface area contributed by atoms with Gasteiger partial charge in [-0.05, 0) is 6.42 Å². The number of aliphatic hydroxyl groups is 2. The molecule has 0 aromatic heterocycles. The average Bonchev–Trinajstić information content (AvgIpc) is 2.63. The first-order chi connectivity index (χ1) is 13.0. The van der Waals surface area contributed by atoms with Crippen LogP contribution in [0.1, 0.15) is 71.1 Å². The summed E-state index contributed by atoms with van der Waals surface area (Å²) in [4.78, 5) is 30.2. The average molecular weight is 395 g/mol. The van der Waals surface area contributed by atoms with Gasteiger partial charge in [-0.1, -0.05) is 70.4 Å². The van der Waals surface area contributed by atoms with Crippen LogP contribution < -0.4 is 5.64 Å². The van der Waals surface area contributed by atoms with Gasteiger partial charge in [-0.15, -0.1) is 0 Å². The second kappa shape index (κ2) is 22.8. The maximum absolute atomic E-state index is 10.6. The van der Waals surface area contributed by atoms with Crippen molar-refractivity contribution in [3.05, 3.63) is 0 Å². The fraction of sp³-hybridized carbons (Fsp3) is 0.889. The molecule has 0 aromatic carbocycles. The molecule has 0 amide bonds. The van der Waals surface area contributed by atoms with E-state index in [9.17, 15) is 9.59 Å². The number of hydrogen-bond donors (Lipinski definition) is 5.